The molecule has 0 aliphatic rings. The molecule has 6 heteroatoms. The third-order valence-corrected chi connectivity index (χ3v) is 2.84. The summed E-state index contributed by atoms with van der Waals surface area (Å²) in [6.45, 7) is 4.95. The minimum Gasteiger partial charge on any atom is -0.326 e. The van der Waals surface area contributed by atoms with E-state index in [9.17, 15) is 9.59 Å². The molecule has 0 heterocycles. The molecule has 0 unspecified atom stereocenters. The molecule has 0 atom stereocenters. The molecule has 0 saturated carbocycles. The number of nitriles is 1. The molecule has 21 heavy (non-hydrogen) atoms. The third kappa shape index (κ3) is 6.54. The molecule has 0 fully saturated rings. The molecule has 2 amide bonds. The number of rotatable bonds is 7. The molecule has 0 bridgehead atoms. The summed E-state index contributed by atoms with van der Waals surface area (Å²) in [5, 5.41) is 14.0. The number of carbonyl (C=O) groups excluding carboxylic acids is 2. The van der Waals surface area contributed by atoms with E-state index in [1.165, 1.54) is 6.92 Å². The fraction of sp³-hybridized carbons (Fsp3) is 0.400. The van der Waals surface area contributed by atoms with Crippen molar-refractivity contribution in [1.82, 2.24) is 4.90 Å². The Balaban J connectivity index is 2.50. The van der Waals surface area contributed by atoms with E-state index in [2.05, 4.69) is 16.7 Å². The lowest BCUT2D eigenvalue weighted by Crippen LogP contribution is -2.33. The van der Waals surface area contributed by atoms with Gasteiger partial charge in [0, 0.05) is 31.3 Å². The van der Waals surface area contributed by atoms with Gasteiger partial charge in [-0.25, -0.2) is 0 Å². The van der Waals surface area contributed by atoms with Crippen molar-refractivity contribution in [3.05, 3.63) is 24.3 Å². The average molecular weight is 288 g/mol. The number of carbonyl (C=O) groups is 2. The lowest BCUT2D eigenvalue weighted by atomic mass is 10.2. The summed E-state index contributed by atoms with van der Waals surface area (Å²) in [7, 11) is 0. The summed E-state index contributed by atoms with van der Waals surface area (Å²) >= 11 is 0. The van der Waals surface area contributed by atoms with Crippen LogP contribution in [0.4, 0.5) is 11.4 Å². The zero-order valence-corrected chi connectivity index (χ0v) is 12.3. The summed E-state index contributed by atoms with van der Waals surface area (Å²) < 4.78 is 0. The van der Waals surface area contributed by atoms with Crippen molar-refractivity contribution in [3.63, 3.8) is 0 Å². The largest absolute Gasteiger partial charge is 0.326 e. The molecule has 2 N–H and O–H groups in total. The van der Waals surface area contributed by atoms with Gasteiger partial charge in [0.25, 0.3) is 0 Å². The van der Waals surface area contributed by atoms with Crippen LogP contribution in [0.3, 0.4) is 0 Å². The Bertz CT molecular complexity index is 519. The molecule has 0 saturated heterocycles. The Hall–Kier alpha value is -2.39. The summed E-state index contributed by atoms with van der Waals surface area (Å²) in [6, 6.07) is 8.98. The Morgan fingerprint density at radius 1 is 1.19 bits per heavy atom. The van der Waals surface area contributed by atoms with Gasteiger partial charge in [-0.15, -0.1) is 0 Å². The summed E-state index contributed by atoms with van der Waals surface area (Å²) in [5.41, 5.74) is 1.36. The van der Waals surface area contributed by atoms with Gasteiger partial charge in [-0.2, -0.15) is 5.26 Å². The second-order valence-corrected chi connectivity index (χ2v) is 4.58. The van der Waals surface area contributed by atoms with Crippen LogP contribution in [0.25, 0.3) is 0 Å². The van der Waals surface area contributed by atoms with Crippen LogP contribution in [0.2, 0.25) is 0 Å². The van der Waals surface area contributed by atoms with Crippen molar-refractivity contribution in [2.75, 3.05) is 30.3 Å². The van der Waals surface area contributed by atoms with Gasteiger partial charge in [-0.3, -0.25) is 14.5 Å². The molecule has 0 radical (unpaired) electrons. The van der Waals surface area contributed by atoms with Gasteiger partial charge < -0.3 is 10.6 Å². The van der Waals surface area contributed by atoms with E-state index in [1.807, 2.05) is 11.8 Å². The molecule has 6 nitrogen and oxygen atoms in total. The third-order valence-electron chi connectivity index (χ3n) is 2.84. The van der Waals surface area contributed by atoms with Crippen molar-refractivity contribution in [3.8, 4) is 6.07 Å². The van der Waals surface area contributed by atoms with Gasteiger partial charge in [0.15, 0.2) is 0 Å². The van der Waals surface area contributed by atoms with Crippen LogP contribution in [-0.2, 0) is 9.59 Å². The monoisotopic (exact) mass is 288 g/mol. The van der Waals surface area contributed by atoms with Gasteiger partial charge in [0.1, 0.15) is 0 Å². The Morgan fingerprint density at radius 2 is 1.76 bits per heavy atom. The molecular formula is C15H20N4O2. The normalized spacial score (nSPS) is 10.0. The van der Waals surface area contributed by atoms with Gasteiger partial charge >= 0.3 is 0 Å². The lowest BCUT2D eigenvalue weighted by molar-refractivity contribution is -0.117. The maximum atomic E-state index is 11.9. The Morgan fingerprint density at radius 3 is 2.24 bits per heavy atom. The quantitative estimate of drug-likeness (QED) is 0.801. The number of amides is 2. The number of hydrogen-bond acceptors (Lipinski definition) is 4. The van der Waals surface area contributed by atoms with Crippen LogP contribution in [0, 0.1) is 11.3 Å². The second kappa shape index (κ2) is 8.72. The SMILES string of the molecule is CCN(CCC#N)CC(=O)Nc1ccc(NC(C)=O)cc1. The molecule has 0 spiro atoms. The Kier molecular flexibility index (Phi) is 6.92. The molecule has 1 aromatic carbocycles. The Labute approximate surface area is 124 Å². The van der Waals surface area contributed by atoms with E-state index in [0.29, 0.717) is 24.3 Å². The predicted octanol–water partition coefficient (Wildman–Crippen LogP) is 1.82. The second-order valence-electron chi connectivity index (χ2n) is 4.58. The highest BCUT2D eigenvalue weighted by atomic mass is 16.2. The van der Waals surface area contributed by atoms with E-state index in [-0.39, 0.29) is 18.4 Å². The molecule has 0 aliphatic heterocycles. The number of nitrogens with zero attached hydrogens (tertiary/aromatic N) is 2. The van der Waals surface area contributed by atoms with Crippen molar-refractivity contribution in [2.24, 2.45) is 0 Å². The van der Waals surface area contributed by atoms with Crippen LogP contribution in [-0.4, -0.2) is 36.3 Å². The number of nitrogens with one attached hydrogen (secondary N) is 2. The molecule has 0 aromatic heterocycles. The molecular weight excluding hydrogens is 268 g/mol. The van der Waals surface area contributed by atoms with E-state index in [1.54, 1.807) is 24.3 Å². The van der Waals surface area contributed by atoms with Crippen molar-refractivity contribution in [1.29, 1.82) is 5.26 Å². The van der Waals surface area contributed by atoms with Crippen molar-refractivity contribution in [2.45, 2.75) is 20.3 Å². The number of likely N-dealkylation sites (N-methyl/N-ethyl adjacent to an activating group) is 1. The first-order chi connectivity index (χ1) is 10.0. The van der Waals surface area contributed by atoms with Gasteiger partial charge in [0.2, 0.25) is 11.8 Å². The zero-order chi connectivity index (χ0) is 15.7. The topological polar surface area (TPSA) is 85.2 Å². The van der Waals surface area contributed by atoms with Crippen LogP contribution in [0.15, 0.2) is 24.3 Å². The first kappa shape index (κ1) is 16.7. The van der Waals surface area contributed by atoms with Crippen LogP contribution in [0.5, 0.6) is 0 Å². The van der Waals surface area contributed by atoms with Crippen LogP contribution < -0.4 is 10.6 Å². The maximum Gasteiger partial charge on any atom is 0.238 e. The first-order valence-electron chi connectivity index (χ1n) is 6.82. The van der Waals surface area contributed by atoms with Crippen LogP contribution >= 0.6 is 0 Å². The van der Waals surface area contributed by atoms with Gasteiger partial charge in [-0.05, 0) is 30.8 Å². The summed E-state index contributed by atoms with van der Waals surface area (Å²) in [5.74, 6) is -0.259. The highest BCUT2D eigenvalue weighted by Crippen LogP contribution is 2.13. The maximum absolute atomic E-state index is 11.9. The smallest absolute Gasteiger partial charge is 0.238 e. The fourth-order valence-electron chi connectivity index (χ4n) is 1.80. The highest BCUT2D eigenvalue weighted by molar-refractivity contribution is 5.93. The number of hydrogen-bond donors (Lipinski definition) is 2. The summed E-state index contributed by atoms with van der Waals surface area (Å²) in [4.78, 5) is 24.7. The van der Waals surface area contributed by atoms with Gasteiger partial charge in [-0.1, -0.05) is 6.92 Å². The van der Waals surface area contributed by atoms with E-state index in [0.717, 1.165) is 6.54 Å². The highest BCUT2D eigenvalue weighted by Gasteiger charge is 2.09. The van der Waals surface area contributed by atoms with Crippen molar-refractivity contribution >= 4 is 23.2 Å². The average Bonchev–Trinajstić information content (AvgIpc) is 2.45. The molecule has 112 valence electrons. The van der Waals surface area contributed by atoms with E-state index in [4.69, 9.17) is 5.26 Å². The van der Waals surface area contributed by atoms with Crippen LogP contribution in [0.1, 0.15) is 20.3 Å². The van der Waals surface area contributed by atoms with Crippen molar-refractivity contribution < 1.29 is 9.59 Å². The summed E-state index contributed by atoms with van der Waals surface area (Å²) in [6.07, 6.45) is 0.409. The standard InChI is InChI=1S/C15H20N4O2/c1-3-19(10-4-9-16)11-15(21)18-14-7-5-13(6-8-14)17-12(2)20/h5-8H,3-4,10-11H2,1-2H3,(H,17,20)(H,18,21). The number of anilines is 2. The minimum absolute atomic E-state index is 0.123. The molecule has 0 aliphatic carbocycles. The lowest BCUT2D eigenvalue weighted by Gasteiger charge is -2.18. The minimum atomic E-state index is -0.136. The number of benzene rings is 1. The molecule has 1 aromatic rings. The van der Waals surface area contributed by atoms with Gasteiger partial charge in [0.05, 0.1) is 12.6 Å². The molecule has 1 rings (SSSR count). The zero-order valence-electron chi connectivity index (χ0n) is 12.3. The first-order valence-corrected chi connectivity index (χ1v) is 6.82. The van der Waals surface area contributed by atoms with E-state index >= 15 is 0 Å². The predicted molar refractivity (Wildman–Crippen MR) is 81.7 cm³/mol. The van der Waals surface area contributed by atoms with E-state index < -0.39 is 0 Å². The fourth-order valence-corrected chi connectivity index (χ4v) is 1.80.